The molecular weight excluding hydrogens is 251 g/mol. The van der Waals surface area contributed by atoms with E-state index in [1.807, 2.05) is 0 Å². The second kappa shape index (κ2) is 4.79. The van der Waals surface area contributed by atoms with Gasteiger partial charge in [0.25, 0.3) is 11.7 Å². The van der Waals surface area contributed by atoms with Crippen LogP contribution in [-0.4, -0.2) is 42.6 Å². The van der Waals surface area contributed by atoms with Gasteiger partial charge in [0.1, 0.15) is 12.4 Å². The number of amides is 2. The predicted octanol–water partition coefficient (Wildman–Crippen LogP) is 0.833. The van der Waals surface area contributed by atoms with Crippen LogP contribution in [0.2, 0.25) is 0 Å². The molecule has 0 radical (unpaired) electrons. The monoisotopic (exact) mass is 264 g/mol. The van der Waals surface area contributed by atoms with Gasteiger partial charge in [0, 0.05) is 13.6 Å². The lowest BCUT2D eigenvalue weighted by atomic mass is 10.1. The minimum atomic E-state index is -0.863. The molecule has 1 aromatic carbocycles. The largest absolute Gasteiger partial charge is 0.344 e. The summed E-state index contributed by atoms with van der Waals surface area (Å²) >= 11 is 0. The van der Waals surface area contributed by atoms with Crippen molar-refractivity contribution in [1.29, 1.82) is 0 Å². The number of para-hydroxylation sites is 1. The Morgan fingerprint density at radius 1 is 1.37 bits per heavy atom. The van der Waals surface area contributed by atoms with Crippen molar-refractivity contribution in [3.8, 4) is 0 Å². The fourth-order valence-corrected chi connectivity index (χ4v) is 1.90. The van der Waals surface area contributed by atoms with Crippen LogP contribution in [0.4, 0.5) is 10.1 Å². The van der Waals surface area contributed by atoms with Crippen molar-refractivity contribution in [2.24, 2.45) is 0 Å². The fraction of sp³-hybridized carbons (Fsp3) is 0.308. The van der Waals surface area contributed by atoms with Crippen LogP contribution < -0.4 is 4.90 Å². The third-order valence-electron chi connectivity index (χ3n) is 3.13. The first kappa shape index (κ1) is 13.2. The van der Waals surface area contributed by atoms with Gasteiger partial charge in [-0.2, -0.15) is 0 Å². The molecule has 100 valence electrons. The molecule has 2 amide bonds. The van der Waals surface area contributed by atoms with Gasteiger partial charge in [0.2, 0.25) is 5.91 Å². The maximum absolute atomic E-state index is 13.7. The topological polar surface area (TPSA) is 57.7 Å². The summed E-state index contributed by atoms with van der Waals surface area (Å²) in [6.07, 6.45) is 0. The van der Waals surface area contributed by atoms with Crippen LogP contribution in [0.15, 0.2) is 18.2 Å². The second-order valence-corrected chi connectivity index (χ2v) is 4.26. The van der Waals surface area contributed by atoms with Crippen LogP contribution >= 0.6 is 0 Å². The van der Waals surface area contributed by atoms with Crippen molar-refractivity contribution >= 4 is 23.3 Å². The van der Waals surface area contributed by atoms with Gasteiger partial charge in [-0.3, -0.25) is 19.3 Å². The number of nitrogens with zero attached hydrogens (tertiary/aromatic N) is 2. The van der Waals surface area contributed by atoms with E-state index in [0.29, 0.717) is 6.54 Å². The Hall–Kier alpha value is -2.24. The first-order valence-electron chi connectivity index (χ1n) is 5.86. The van der Waals surface area contributed by atoms with E-state index in [0.717, 1.165) is 11.0 Å². The lowest BCUT2D eigenvalue weighted by Crippen LogP contribution is -2.41. The second-order valence-electron chi connectivity index (χ2n) is 4.26. The Kier molecular flexibility index (Phi) is 3.33. The first-order valence-corrected chi connectivity index (χ1v) is 5.86. The maximum Gasteiger partial charge on any atom is 0.300 e. The number of hydrogen-bond acceptors (Lipinski definition) is 3. The molecule has 0 saturated heterocycles. The number of carbonyl (C=O) groups is 3. The lowest BCUT2D eigenvalue weighted by molar-refractivity contribution is -0.129. The summed E-state index contributed by atoms with van der Waals surface area (Å²) in [7, 11) is 1.58. The number of anilines is 1. The molecule has 0 saturated carbocycles. The maximum atomic E-state index is 13.7. The van der Waals surface area contributed by atoms with Crippen LogP contribution in [0.5, 0.6) is 0 Å². The number of Topliss-reactive ketones (excluding diaryl/α,β-unsaturated/α-hetero) is 1. The van der Waals surface area contributed by atoms with Crippen molar-refractivity contribution in [2.75, 3.05) is 25.0 Å². The molecule has 0 atom stereocenters. The van der Waals surface area contributed by atoms with Gasteiger partial charge < -0.3 is 4.90 Å². The van der Waals surface area contributed by atoms with E-state index in [1.54, 1.807) is 14.0 Å². The van der Waals surface area contributed by atoms with Crippen LogP contribution in [-0.2, 0) is 9.59 Å². The van der Waals surface area contributed by atoms with E-state index in [2.05, 4.69) is 0 Å². The Bertz CT molecular complexity index is 571. The molecule has 0 aromatic heterocycles. The first-order chi connectivity index (χ1) is 8.97. The molecule has 1 aromatic rings. The highest BCUT2D eigenvalue weighted by Crippen LogP contribution is 2.31. The van der Waals surface area contributed by atoms with Gasteiger partial charge in [-0.25, -0.2) is 4.39 Å². The van der Waals surface area contributed by atoms with E-state index in [1.165, 1.54) is 17.0 Å². The Morgan fingerprint density at radius 3 is 2.68 bits per heavy atom. The minimum absolute atomic E-state index is 0.0111. The van der Waals surface area contributed by atoms with Crippen molar-refractivity contribution in [3.05, 3.63) is 29.6 Å². The van der Waals surface area contributed by atoms with E-state index in [-0.39, 0.29) is 23.7 Å². The quantitative estimate of drug-likeness (QED) is 0.760. The molecule has 0 spiro atoms. The van der Waals surface area contributed by atoms with E-state index < -0.39 is 17.5 Å². The average molecular weight is 264 g/mol. The molecule has 0 aliphatic carbocycles. The zero-order chi connectivity index (χ0) is 14.2. The predicted molar refractivity (Wildman–Crippen MR) is 66.4 cm³/mol. The highest BCUT2D eigenvalue weighted by Gasteiger charge is 2.39. The molecule has 0 unspecified atom stereocenters. The molecule has 19 heavy (non-hydrogen) atoms. The zero-order valence-corrected chi connectivity index (χ0v) is 10.6. The number of benzene rings is 1. The van der Waals surface area contributed by atoms with Gasteiger partial charge in [-0.05, 0) is 19.1 Å². The van der Waals surface area contributed by atoms with Crippen molar-refractivity contribution < 1.29 is 18.8 Å². The zero-order valence-electron chi connectivity index (χ0n) is 10.6. The average Bonchev–Trinajstić information content (AvgIpc) is 2.64. The van der Waals surface area contributed by atoms with Gasteiger partial charge in [-0.15, -0.1) is 0 Å². The van der Waals surface area contributed by atoms with E-state index >= 15 is 0 Å². The fourth-order valence-electron chi connectivity index (χ4n) is 1.90. The summed E-state index contributed by atoms with van der Waals surface area (Å²) in [5, 5.41) is 0. The van der Waals surface area contributed by atoms with Gasteiger partial charge in [0.15, 0.2) is 0 Å². The number of ketones is 1. The number of rotatable bonds is 3. The molecular formula is C13H13FN2O3. The van der Waals surface area contributed by atoms with Crippen LogP contribution in [0.3, 0.4) is 0 Å². The molecule has 6 heteroatoms. The third kappa shape index (κ3) is 2.09. The number of likely N-dealkylation sites (N-methyl/N-ethyl adjacent to an activating group) is 1. The summed E-state index contributed by atoms with van der Waals surface area (Å²) in [5.41, 5.74) is -0.0905. The van der Waals surface area contributed by atoms with Crippen LogP contribution in [0.25, 0.3) is 0 Å². The highest BCUT2D eigenvalue weighted by atomic mass is 19.1. The molecule has 0 bridgehead atoms. The summed E-state index contributed by atoms with van der Waals surface area (Å²) in [6, 6.07) is 3.90. The van der Waals surface area contributed by atoms with E-state index in [9.17, 15) is 18.8 Å². The smallest absolute Gasteiger partial charge is 0.300 e. The highest BCUT2D eigenvalue weighted by molar-refractivity contribution is 6.52. The van der Waals surface area contributed by atoms with Crippen LogP contribution in [0.1, 0.15) is 17.3 Å². The van der Waals surface area contributed by atoms with E-state index in [4.69, 9.17) is 0 Å². The van der Waals surface area contributed by atoms with Gasteiger partial charge >= 0.3 is 0 Å². The van der Waals surface area contributed by atoms with Gasteiger partial charge in [-0.1, -0.05) is 6.07 Å². The van der Waals surface area contributed by atoms with Crippen LogP contribution in [0, 0.1) is 5.82 Å². The summed E-state index contributed by atoms with van der Waals surface area (Å²) in [4.78, 5) is 37.6. The molecule has 0 N–H and O–H groups in total. The summed E-state index contributed by atoms with van der Waals surface area (Å²) < 4.78 is 13.7. The minimum Gasteiger partial charge on any atom is -0.344 e. The third-order valence-corrected chi connectivity index (χ3v) is 3.13. The summed E-state index contributed by atoms with van der Waals surface area (Å²) in [6.45, 7) is 1.92. The van der Waals surface area contributed by atoms with Crippen molar-refractivity contribution in [3.63, 3.8) is 0 Å². The SMILES string of the molecule is CCN(C)C(=O)CN1C(=O)C(=O)c2cccc(F)c21. The number of fused-ring (bicyclic) bond motifs is 1. The Balaban J connectivity index is 2.36. The number of hydrogen-bond donors (Lipinski definition) is 0. The Morgan fingerprint density at radius 2 is 2.05 bits per heavy atom. The molecule has 1 aliphatic heterocycles. The van der Waals surface area contributed by atoms with Crippen molar-refractivity contribution in [1.82, 2.24) is 4.90 Å². The molecule has 0 fully saturated rings. The lowest BCUT2D eigenvalue weighted by Gasteiger charge is -2.20. The molecule has 1 heterocycles. The standard InChI is InChI=1S/C13H13FN2O3/c1-3-15(2)10(17)7-16-11-8(12(18)13(16)19)5-4-6-9(11)14/h4-6H,3,7H2,1-2H3. The molecule has 2 rings (SSSR count). The number of halogens is 1. The Labute approximate surface area is 109 Å². The number of carbonyl (C=O) groups excluding carboxylic acids is 3. The summed E-state index contributed by atoms with van der Waals surface area (Å²) in [5.74, 6) is -2.66. The molecule has 5 nitrogen and oxygen atoms in total. The normalized spacial score (nSPS) is 13.7. The van der Waals surface area contributed by atoms with Crippen molar-refractivity contribution in [2.45, 2.75) is 6.92 Å². The molecule has 1 aliphatic rings. The van der Waals surface area contributed by atoms with Gasteiger partial charge in [0.05, 0.1) is 11.3 Å².